The number of ether oxygens (including phenoxy) is 1. The van der Waals surface area contributed by atoms with E-state index in [2.05, 4.69) is 20.1 Å². The van der Waals surface area contributed by atoms with Crippen molar-refractivity contribution in [2.45, 2.75) is 45.3 Å². The molecule has 0 bridgehead atoms. The van der Waals surface area contributed by atoms with E-state index < -0.39 is 5.97 Å². The highest BCUT2D eigenvalue weighted by Crippen LogP contribution is 2.28. The number of H-pyrrole nitrogens is 1. The van der Waals surface area contributed by atoms with Gasteiger partial charge in [0, 0.05) is 24.5 Å². The Hall–Kier alpha value is -3.01. The zero-order chi connectivity index (χ0) is 22.7. The lowest BCUT2D eigenvalue weighted by Gasteiger charge is -2.17. The zero-order valence-electron chi connectivity index (χ0n) is 18.5. The van der Waals surface area contributed by atoms with Gasteiger partial charge in [-0.05, 0) is 45.7 Å². The predicted octanol–water partition coefficient (Wildman–Crippen LogP) is 3.62. The van der Waals surface area contributed by atoms with E-state index in [1.54, 1.807) is 27.0 Å². The fourth-order valence-corrected chi connectivity index (χ4v) is 4.83. The van der Waals surface area contributed by atoms with Gasteiger partial charge >= 0.3 is 5.97 Å². The molecule has 0 unspecified atom stereocenters. The van der Waals surface area contributed by atoms with Gasteiger partial charge in [0.1, 0.15) is 5.76 Å². The maximum atomic E-state index is 13.1. The molecule has 0 spiro atoms. The molecular formula is C22H27N5O4S. The van der Waals surface area contributed by atoms with Gasteiger partial charge in [0.25, 0.3) is 0 Å². The van der Waals surface area contributed by atoms with E-state index in [1.165, 1.54) is 11.8 Å². The van der Waals surface area contributed by atoms with Crippen molar-refractivity contribution in [2.75, 3.05) is 30.3 Å². The summed E-state index contributed by atoms with van der Waals surface area (Å²) in [5.41, 5.74) is 1.98. The predicted molar refractivity (Wildman–Crippen MR) is 121 cm³/mol. The number of carbonyl (C=O) groups is 2. The summed E-state index contributed by atoms with van der Waals surface area (Å²) in [5, 5.41) is 9.41. The summed E-state index contributed by atoms with van der Waals surface area (Å²) in [7, 11) is 0. The largest absolute Gasteiger partial charge is 0.467 e. The monoisotopic (exact) mass is 457 g/mol. The fourth-order valence-electron chi connectivity index (χ4n) is 4.03. The van der Waals surface area contributed by atoms with Crippen LogP contribution in [0.25, 0.3) is 0 Å². The Kier molecular flexibility index (Phi) is 6.69. The molecule has 170 valence electrons. The van der Waals surface area contributed by atoms with Gasteiger partial charge in [-0.15, -0.1) is 10.2 Å². The first-order chi connectivity index (χ1) is 15.5. The van der Waals surface area contributed by atoms with Crippen LogP contribution >= 0.6 is 11.8 Å². The summed E-state index contributed by atoms with van der Waals surface area (Å²) in [5.74, 6) is 1.06. The molecule has 0 aromatic carbocycles. The fraction of sp³-hybridized carbons (Fsp3) is 0.455. The average molecular weight is 458 g/mol. The Morgan fingerprint density at radius 3 is 2.62 bits per heavy atom. The van der Waals surface area contributed by atoms with Crippen molar-refractivity contribution in [2.24, 2.45) is 0 Å². The summed E-state index contributed by atoms with van der Waals surface area (Å²) >= 11 is 1.31. The first-order valence-electron chi connectivity index (χ1n) is 10.7. The Morgan fingerprint density at radius 1 is 1.19 bits per heavy atom. The topological polar surface area (TPSA) is 106 Å². The lowest BCUT2D eigenvalue weighted by molar-refractivity contribution is 0.0522. The molecule has 3 aromatic heterocycles. The van der Waals surface area contributed by atoms with Crippen LogP contribution in [0.4, 0.5) is 5.95 Å². The number of ketones is 1. The highest BCUT2D eigenvalue weighted by Gasteiger charge is 2.27. The molecule has 1 N–H and O–H groups in total. The van der Waals surface area contributed by atoms with Crippen molar-refractivity contribution in [3.05, 3.63) is 46.7 Å². The van der Waals surface area contributed by atoms with E-state index in [-0.39, 0.29) is 18.1 Å². The van der Waals surface area contributed by atoms with Crippen molar-refractivity contribution >= 4 is 29.5 Å². The number of thioether (sulfide) groups is 1. The third-order valence-corrected chi connectivity index (χ3v) is 6.41. The molecule has 1 aliphatic rings. The number of Topliss-reactive ketones (excluding diaryl/α,β-unsaturated/α-hetero) is 1. The van der Waals surface area contributed by atoms with Crippen molar-refractivity contribution in [3.8, 4) is 0 Å². The van der Waals surface area contributed by atoms with Crippen LogP contribution in [0.5, 0.6) is 0 Å². The molecule has 4 heterocycles. The van der Waals surface area contributed by atoms with Crippen LogP contribution in [0.2, 0.25) is 0 Å². The molecule has 0 radical (unpaired) electrons. The second-order valence-electron chi connectivity index (χ2n) is 7.70. The lowest BCUT2D eigenvalue weighted by atomic mass is 10.1. The van der Waals surface area contributed by atoms with Crippen molar-refractivity contribution in [1.82, 2.24) is 19.7 Å². The number of rotatable bonds is 9. The quantitative estimate of drug-likeness (QED) is 0.295. The number of hydrogen-bond donors (Lipinski definition) is 1. The van der Waals surface area contributed by atoms with E-state index in [1.807, 2.05) is 16.7 Å². The van der Waals surface area contributed by atoms with Crippen molar-refractivity contribution in [1.29, 1.82) is 0 Å². The number of aromatic nitrogens is 4. The van der Waals surface area contributed by atoms with Crippen LogP contribution in [-0.2, 0) is 11.3 Å². The molecule has 1 saturated heterocycles. The van der Waals surface area contributed by atoms with Crippen LogP contribution in [0.15, 0.2) is 28.0 Å². The summed E-state index contributed by atoms with van der Waals surface area (Å²) in [6, 6.07) is 3.75. The first-order valence-corrected chi connectivity index (χ1v) is 11.7. The Balaban J connectivity index is 1.56. The van der Waals surface area contributed by atoms with Gasteiger partial charge in [0.2, 0.25) is 5.95 Å². The standard InChI is InChI=1S/C22H27N5O4S/c1-4-30-20(29)19-15(3)23-14(2)18(19)17(28)13-32-22-25-24-21(26-9-5-6-10-26)27(22)12-16-8-7-11-31-16/h7-8,11,23H,4-6,9-10,12-13H2,1-3H3. The van der Waals surface area contributed by atoms with E-state index in [0.717, 1.165) is 37.6 Å². The molecule has 3 aromatic rings. The third kappa shape index (κ3) is 4.45. The van der Waals surface area contributed by atoms with Crippen LogP contribution in [0, 0.1) is 13.8 Å². The number of carbonyl (C=O) groups excluding carboxylic acids is 2. The minimum Gasteiger partial charge on any atom is -0.467 e. The summed E-state index contributed by atoms with van der Waals surface area (Å²) in [6.07, 6.45) is 3.88. The average Bonchev–Trinajstić information content (AvgIpc) is 3.54. The van der Waals surface area contributed by atoms with Gasteiger partial charge in [-0.25, -0.2) is 4.79 Å². The minimum atomic E-state index is -0.486. The maximum absolute atomic E-state index is 13.1. The van der Waals surface area contributed by atoms with Gasteiger partial charge in [-0.2, -0.15) is 0 Å². The maximum Gasteiger partial charge on any atom is 0.340 e. The van der Waals surface area contributed by atoms with Gasteiger partial charge < -0.3 is 19.0 Å². The molecule has 0 aliphatic carbocycles. The number of hydrogen-bond acceptors (Lipinski definition) is 8. The molecule has 0 atom stereocenters. The van der Waals surface area contributed by atoms with Crippen LogP contribution < -0.4 is 4.90 Å². The number of furan rings is 1. The van der Waals surface area contributed by atoms with Crippen LogP contribution in [0.3, 0.4) is 0 Å². The molecule has 1 fully saturated rings. The number of nitrogens with zero attached hydrogens (tertiary/aromatic N) is 4. The van der Waals surface area contributed by atoms with Gasteiger partial charge in [0.15, 0.2) is 10.9 Å². The van der Waals surface area contributed by atoms with Crippen LogP contribution in [0.1, 0.15) is 57.6 Å². The second kappa shape index (κ2) is 9.64. The molecular weight excluding hydrogens is 430 g/mol. The Morgan fingerprint density at radius 2 is 1.94 bits per heavy atom. The Bertz CT molecular complexity index is 1100. The van der Waals surface area contributed by atoms with Crippen molar-refractivity contribution in [3.63, 3.8) is 0 Å². The zero-order valence-corrected chi connectivity index (χ0v) is 19.3. The number of aryl methyl sites for hydroxylation is 2. The van der Waals surface area contributed by atoms with E-state index in [4.69, 9.17) is 9.15 Å². The highest BCUT2D eigenvalue weighted by atomic mass is 32.2. The SMILES string of the molecule is CCOC(=O)c1c(C)[nH]c(C)c1C(=O)CSc1nnc(N2CCCC2)n1Cc1ccco1. The molecule has 32 heavy (non-hydrogen) atoms. The van der Waals surface area contributed by atoms with Gasteiger partial charge in [-0.3, -0.25) is 9.36 Å². The number of aromatic amines is 1. The number of anilines is 1. The van der Waals surface area contributed by atoms with Gasteiger partial charge in [0.05, 0.1) is 36.3 Å². The minimum absolute atomic E-state index is 0.126. The smallest absolute Gasteiger partial charge is 0.340 e. The first kappa shape index (κ1) is 22.2. The molecule has 0 saturated carbocycles. The van der Waals surface area contributed by atoms with E-state index in [0.29, 0.717) is 34.2 Å². The molecule has 10 heteroatoms. The normalized spacial score (nSPS) is 13.7. The lowest BCUT2D eigenvalue weighted by Crippen LogP contribution is -2.22. The number of nitrogens with one attached hydrogen (secondary N) is 1. The highest BCUT2D eigenvalue weighted by molar-refractivity contribution is 7.99. The summed E-state index contributed by atoms with van der Waals surface area (Å²) in [6.45, 7) is 7.91. The van der Waals surface area contributed by atoms with E-state index in [9.17, 15) is 9.59 Å². The van der Waals surface area contributed by atoms with Gasteiger partial charge in [-0.1, -0.05) is 11.8 Å². The second-order valence-corrected chi connectivity index (χ2v) is 8.64. The van der Waals surface area contributed by atoms with Crippen LogP contribution in [-0.4, -0.2) is 57.0 Å². The van der Waals surface area contributed by atoms with Crippen molar-refractivity contribution < 1.29 is 18.7 Å². The Labute approximate surface area is 190 Å². The summed E-state index contributed by atoms with van der Waals surface area (Å²) in [4.78, 5) is 30.9. The van der Waals surface area contributed by atoms with E-state index >= 15 is 0 Å². The third-order valence-electron chi connectivity index (χ3n) is 5.45. The molecule has 9 nitrogen and oxygen atoms in total. The summed E-state index contributed by atoms with van der Waals surface area (Å²) < 4.78 is 12.7. The molecule has 4 rings (SSSR count). The molecule has 1 aliphatic heterocycles. The number of esters is 1. The molecule has 0 amide bonds.